The van der Waals surface area contributed by atoms with Crippen LogP contribution >= 0.6 is 0 Å². The maximum absolute atomic E-state index is 12.2. The smallest absolute Gasteiger partial charge is 0.253 e. The van der Waals surface area contributed by atoms with E-state index in [4.69, 9.17) is 0 Å². The Labute approximate surface area is 116 Å². The fraction of sp³-hybridized carbons (Fsp3) is 0.625. The molecule has 1 aromatic heterocycles. The second-order valence-electron chi connectivity index (χ2n) is 7.03. The average molecular weight is 262 g/mol. The SMILES string of the molecule is CCc1cc(C(C)(C)C)ncc1C(=O)NC(C)(C)C. The number of amides is 1. The number of hydrogen-bond donors (Lipinski definition) is 1. The molecular formula is C16H26N2O. The second-order valence-corrected chi connectivity index (χ2v) is 7.03. The zero-order chi connectivity index (χ0) is 14.8. The molecule has 3 nitrogen and oxygen atoms in total. The molecule has 0 aliphatic heterocycles. The molecule has 3 heteroatoms. The molecule has 19 heavy (non-hydrogen) atoms. The predicted molar refractivity (Wildman–Crippen MR) is 79.5 cm³/mol. The molecular weight excluding hydrogens is 236 g/mol. The molecule has 106 valence electrons. The van der Waals surface area contributed by atoms with Gasteiger partial charge in [0.05, 0.1) is 5.56 Å². The fourth-order valence-corrected chi connectivity index (χ4v) is 1.81. The quantitative estimate of drug-likeness (QED) is 0.886. The third-order valence-electron chi connectivity index (χ3n) is 2.87. The number of nitrogens with zero attached hydrogens (tertiary/aromatic N) is 1. The molecule has 0 saturated carbocycles. The summed E-state index contributed by atoms with van der Waals surface area (Å²) in [6, 6.07) is 2.05. The summed E-state index contributed by atoms with van der Waals surface area (Å²) >= 11 is 0. The molecule has 0 aromatic carbocycles. The molecule has 1 aromatic rings. The third kappa shape index (κ3) is 4.34. The van der Waals surface area contributed by atoms with Crippen LogP contribution in [0.5, 0.6) is 0 Å². The van der Waals surface area contributed by atoms with E-state index in [9.17, 15) is 4.79 Å². The number of carbonyl (C=O) groups is 1. The normalized spacial score (nSPS) is 12.4. The minimum Gasteiger partial charge on any atom is -0.347 e. The molecule has 0 radical (unpaired) electrons. The van der Waals surface area contributed by atoms with Gasteiger partial charge in [0.25, 0.3) is 5.91 Å². The number of aryl methyl sites for hydroxylation is 1. The number of aromatic nitrogens is 1. The van der Waals surface area contributed by atoms with E-state index in [1.54, 1.807) is 6.20 Å². The van der Waals surface area contributed by atoms with Crippen molar-refractivity contribution in [2.45, 2.75) is 65.8 Å². The van der Waals surface area contributed by atoms with Crippen LogP contribution in [0.15, 0.2) is 12.3 Å². The van der Waals surface area contributed by atoms with Gasteiger partial charge in [-0.1, -0.05) is 27.7 Å². The lowest BCUT2D eigenvalue weighted by Gasteiger charge is -2.23. The van der Waals surface area contributed by atoms with Gasteiger partial charge in [0.1, 0.15) is 0 Å². The maximum atomic E-state index is 12.2. The van der Waals surface area contributed by atoms with Crippen LogP contribution in [0.25, 0.3) is 0 Å². The molecule has 0 atom stereocenters. The van der Waals surface area contributed by atoms with Gasteiger partial charge in [-0.3, -0.25) is 9.78 Å². The first kappa shape index (κ1) is 15.7. The summed E-state index contributed by atoms with van der Waals surface area (Å²) in [7, 11) is 0. The van der Waals surface area contributed by atoms with Gasteiger partial charge >= 0.3 is 0 Å². The summed E-state index contributed by atoms with van der Waals surface area (Å²) in [5, 5.41) is 2.99. The largest absolute Gasteiger partial charge is 0.347 e. The molecule has 0 saturated heterocycles. The topological polar surface area (TPSA) is 42.0 Å². The van der Waals surface area contributed by atoms with Crippen LogP contribution in [0.1, 0.15) is 70.1 Å². The van der Waals surface area contributed by atoms with Crippen molar-refractivity contribution in [1.29, 1.82) is 0 Å². The van der Waals surface area contributed by atoms with Crippen LogP contribution in [-0.2, 0) is 11.8 Å². The van der Waals surface area contributed by atoms with E-state index in [2.05, 4.69) is 44.1 Å². The molecule has 1 rings (SSSR count). The fourth-order valence-electron chi connectivity index (χ4n) is 1.81. The van der Waals surface area contributed by atoms with Gasteiger partial charge in [0, 0.05) is 22.8 Å². The van der Waals surface area contributed by atoms with Crippen molar-refractivity contribution in [3.8, 4) is 0 Å². The lowest BCUT2D eigenvalue weighted by molar-refractivity contribution is 0.0918. The highest BCUT2D eigenvalue weighted by Gasteiger charge is 2.21. The molecule has 0 fully saturated rings. The summed E-state index contributed by atoms with van der Waals surface area (Å²) in [6.45, 7) is 14.4. The van der Waals surface area contributed by atoms with Crippen molar-refractivity contribution in [1.82, 2.24) is 10.3 Å². The number of pyridine rings is 1. The van der Waals surface area contributed by atoms with Crippen molar-refractivity contribution in [3.63, 3.8) is 0 Å². The Hall–Kier alpha value is -1.38. The summed E-state index contributed by atoms with van der Waals surface area (Å²) in [6.07, 6.45) is 2.54. The second kappa shape index (κ2) is 5.32. The number of rotatable bonds is 2. The molecule has 0 spiro atoms. The van der Waals surface area contributed by atoms with Gasteiger partial charge in [0.15, 0.2) is 0 Å². The highest BCUT2D eigenvalue weighted by molar-refractivity contribution is 5.95. The van der Waals surface area contributed by atoms with E-state index in [1.165, 1.54) is 0 Å². The predicted octanol–water partition coefficient (Wildman–Crippen LogP) is 3.47. The van der Waals surface area contributed by atoms with Crippen LogP contribution in [0.2, 0.25) is 0 Å². The summed E-state index contributed by atoms with van der Waals surface area (Å²) < 4.78 is 0. The minimum absolute atomic E-state index is 0.00293. The highest BCUT2D eigenvalue weighted by Crippen LogP contribution is 2.22. The van der Waals surface area contributed by atoms with Crippen LogP contribution in [0.4, 0.5) is 0 Å². The van der Waals surface area contributed by atoms with Crippen molar-refractivity contribution in [3.05, 3.63) is 29.1 Å². The number of carbonyl (C=O) groups excluding carboxylic acids is 1. The van der Waals surface area contributed by atoms with E-state index < -0.39 is 0 Å². The zero-order valence-corrected chi connectivity index (χ0v) is 13.2. The van der Waals surface area contributed by atoms with Crippen molar-refractivity contribution < 1.29 is 4.79 Å². The van der Waals surface area contributed by atoms with Crippen LogP contribution < -0.4 is 5.32 Å². The van der Waals surface area contributed by atoms with Crippen molar-refractivity contribution >= 4 is 5.91 Å². The Balaban J connectivity index is 3.13. The van der Waals surface area contributed by atoms with Gasteiger partial charge in [-0.25, -0.2) is 0 Å². The zero-order valence-electron chi connectivity index (χ0n) is 13.2. The van der Waals surface area contributed by atoms with Gasteiger partial charge in [-0.15, -0.1) is 0 Å². The lowest BCUT2D eigenvalue weighted by Crippen LogP contribution is -2.41. The van der Waals surface area contributed by atoms with Crippen LogP contribution in [0, 0.1) is 0 Å². The summed E-state index contributed by atoms with van der Waals surface area (Å²) in [5.74, 6) is -0.0442. The third-order valence-corrected chi connectivity index (χ3v) is 2.87. The van der Waals surface area contributed by atoms with Gasteiger partial charge < -0.3 is 5.32 Å². The first-order valence-electron chi connectivity index (χ1n) is 6.86. The van der Waals surface area contributed by atoms with E-state index in [1.807, 2.05) is 20.8 Å². The first-order chi connectivity index (χ1) is 8.54. The minimum atomic E-state index is -0.231. The standard InChI is InChI=1S/C16H26N2O/c1-8-11-9-13(15(2,3)4)17-10-12(11)14(19)18-16(5,6)7/h9-10H,8H2,1-7H3,(H,18,19). The summed E-state index contributed by atoms with van der Waals surface area (Å²) in [5.41, 5.74) is 2.54. The molecule has 1 heterocycles. The van der Waals surface area contributed by atoms with E-state index in [0.29, 0.717) is 5.56 Å². The molecule has 0 unspecified atom stereocenters. The average Bonchev–Trinajstić information content (AvgIpc) is 2.24. The first-order valence-corrected chi connectivity index (χ1v) is 6.86. The number of nitrogens with one attached hydrogen (secondary N) is 1. The van der Waals surface area contributed by atoms with Gasteiger partial charge in [-0.2, -0.15) is 0 Å². The molecule has 1 amide bonds. The van der Waals surface area contributed by atoms with Gasteiger partial charge in [0.2, 0.25) is 0 Å². The van der Waals surface area contributed by atoms with Gasteiger partial charge in [-0.05, 0) is 38.8 Å². The van der Waals surface area contributed by atoms with Crippen molar-refractivity contribution in [2.24, 2.45) is 0 Å². The Morgan fingerprint density at radius 3 is 2.21 bits per heavy atom. The Morgan fingerprint density at radius 2 is 1.79 bits per heavy atom. The lowest BCUT2D eigenvalue weighted by atomic mass is 9.89. The Bertz CT molecular complexity index is 465. The van der Waals surface area contributed by atoms with E-state index >= 15 is 0 Å². The van der Waals surface area contributed by atoms with E-state index in [-0.39, 0.29) is 16.9 Å². The Morgan fingerprint density at radius 1 is 1.21 bits per heavy atom. The summed E-state index contributed by atoms with van der Waals surface area (Å²) in [4.78, 5) is 16.7. The van der Waals surface area contributed by atoms with Crippen molar-refractivity contribution in [2.75, 3.05) is 0 Å². The maximum Gasteiger partial charge on any atom is 0.253 e. The molecule has 1 N–H and O–H groups in total. The molecule has 0 aliphatic carbocycles. The Kier molecular flexibility index (Phi) is 4.39. The van der Waals surface area contributed by atoms with E-state index in [0.717, 1.165) is 17.7 Å². The highest BCUT2D eigenvalue weighted by atomic mass is 16.1. The molecule has 0 aliphatic rings. The molecule has 0 bridgehead atoms. The number of hydrogen-bond acceptors (Lipinski definition) is 2. The monoisotopic (exact) mass is 262 g/mol. The van der Waals surface area contributed by atoms with Crippen LogP contribution in [0.3, 0.4) is 0 Å². The van der Waals surface area contributed by atoms with Crippen LogP contribution in [-0.4, -0.2) is 16.4 Å².